The van der Waals surface area contributed by atoms with Gasteiger partial charge in [-0.05, 0) is 12.1 Å². The van der Waals surface area contributed by atoms with Crippen LogP contribution in [0.25, 0.3) is 11.0 Å². The Labute approximate surface area is 89.7 Å². The Balaban J connectivity index is 2.26. The standard InChI is InChI=1S/C9H8N4O3/c14-8(15)5-10-9(16)13-7-4-2-1-3-6(7)11-12-13/h1-4H,5H2,(H,10,16)(H,14,15). The first-order chi connectivity index (χ1) is 7.68. The highest BCUT2D eigenvalue weighted by Gasteiger charge is 2.11. The van der Waals surface area contributed by atoms with Gasteiger partial charge in [-0.3, -0.25) is 4.79 Å². The fourth-order valence-electron chi connectivity index (χ4n) is 1.25. The Hall–Kier alpha value is -2.44. The number of rotatable bonds is 2. The van der Waals surface area contributed by atoms with Crippen LogP contribution in [0.1, 0.15) is 0 Å². The first kappa shape index (κ1) is 10.1. The number of benzene rings is 1. The van der Waals surface area contributed by atoms with Crippen LogP contribution in [-0.2, 0) is 4.79 Å². The number of carboxylic acids is 1. The van der Waals surface area contributed by atoms with Crippen LogP contribution in [0.15, 0.2) is 24.3 Å². The molecule has 7 heteroatoms. The molecule has 7 nitrogen and oxygen atoms in total. The SMILES string of the molecule is O=C(O)CNC(=O)n1nnc2ccccc21. The Kier molecular flexibility index (Phi) is 2.50. The van der Waals surface area contributed by atoms with Gasteiger partial charge in [-0.2, -0.15) is 4.68 Å². The number of hydrogen-bond donors (Lipinski definition) is 2. The molecule has 16 heavy (non-hydrogen) atoms. The predicted octanol–water partition coefficient (Wildman–Crippen LogP) is 0.0736. The number of aromatic nitrogens is 3. The van der Waals surface area contributed by atoms with E-state index in [1.54, 1.807) is 24.3 Å². The van der Waals surface area contributed by atoms with Crippen LogP contribution < -0.4 is 5.32 Å². The Bertz CT molecular complexity index is 548. The van der Waals surface area contributed by atoms with Crippen LogP contribution in [0.4, 0.5) is 4.79 Å². The second-order valence-electron chi connectivity index (χ2n) is 3.04. The number of carboxylic acid groups (broad SMARTS) is 1. The first-order valence-electron chi connectivity index (χ1n) is 4.49. The molecular weight excluding hydrogens is 212 g/mol. The zero-order valence-electron chi connectivity index (χ0n) is 8.12. The summed E-state index contributed by atoms with van der Waals surface area (Å²) in [5, 5.41) is 18.0. The molecule has 1 heterocycles. The van der Waals surface area contributed by atoms with E-state index in [-0.39, 0.29) is 0 Å². The summed E-state index contributed by atoms with van der Waals surface area (Å²) in [4.78, 5) is 21.8. The Morgan fingerprint density at radius 1 is 1.38 bits per heavy atom. The lowest BCUT2D eigenvalue weighted by atomic mass is 10.3. The number of aliphatic carboxylic acids is 1. The lowest BCUT2D eigenvalue weighted by molar-refractivity contribution is -0.135. The van der Waals surface area contributed by atoms with Crippen molar-refractivity contribution in [2.45, 2.75) is 0 Å². The molecule has 2 rings (SSSR count). The largest absolute Gasteiger partial charge is 0.480 e. The van der Waals surface area contributed by atoms with Crippen LogP contribution >= 0.6 is 0 Å². The van der Waals surface area contributed by atoms with Crippen molar-refractivity contribution in [2.24, 2.45) is 0 Å². The second kappa shape index (κ2) is 3.97. The number of carbonyl (C=O) groups excluding carboxylic acids is 1. The monoisotopic (exact) mass is 220 g/mol. The molecule has 0 unspecified atom stereocenters. The summed E-state index contributed by atoms with van der Waals surface area (Å²) in [6.07, 6.45) is 0. The Morgan fingerprint density at radius 3 is 2.88 bits per heavy atom. The highest BCUT2D eigenvalue weighted by molar-refractivity contribution is 5.89. The van der Waals surface area contributed by atoms with E-state index in [9.17, 15) is 9.59 Å². The molecule has 0 saturated heterocycles. The molecule has 82 valence electrons. The molecule has 0 aliphatic rings. The van der Waals surface area contributed by atoms with E-state index in [2.05, 4.69) is 15.6 Å². The van der Waals surface area contributed by atoms with Gasteiger partial charge in [-0.1, -0.05) is 17.3 Å². The maximum absolute atomic E-state index is 11.5. The minimum Gasteiger partial charge on any atom is -0.480 e. The number of hydrogen-bond acceptors (Lipinski definition) is 4. The van der Waals surface area contributed by atoms with Crippen LogP contribution in [-0.4, -0.2) is 38.6 Å². The van der Waals surface area contributed by atoms with Gasteiger partial charge < -0.3 is 10.4 Å². The van der Waals surface area contributed by atoms with Gasteiger partial charge in [0.1, 0.15) is 12.1 Å². The van der Waals surface area contributed by atoms with E-state index in [0.717, 1.165) is 4.68 Å². The predicted molar refractivity (Wildman–Crippen MR) is 54.0 cm³/mol. The van der Waals surface area contributed by atoms with E-state index in [4.69, 9.17) is 5.11 Å². The van der Waals surface area contributed by atoms with E-state index < -0.39 is 18.5 Å². The number of carbonyl (C=O) groups is 2. The molecule has 0 fully saturated rings. The van der Waals surface area contributed by atoms with Crippen LogP contribution in [0.5, 0.6) is 0 Å². The average molecular weight is 220 g/mol. The van der Waals surface area contributed by atoms with Crippen molar-refractivity contribution in [1.82, 2.24) is 20.3 Å². The van der Waals surface area contributed by atoms with Crippen LogP contribution in [0.2, 0.25) is 0 Å². The smallest absolute Gasteiger partial charge is 0.344 e. The third kappa shape index (κ3) is 1.83. The van der Waals surface area contributed by atoms with Gasteiger partial charge in [0, 0.05) is 0 Å². The van der Waals surface area contributed by atoms with Gasteiger partial charge in [0.05, 0.1) is 5.52 Å². The average Bonchev–Trinajstić information content (AvgIpc) is 2.69. The molecule has 2 aromatic rings. The van der Waals surface area contributed by atoms with Crippen LogP contribution in [0.3, 0.4) is 0 Å². The lowest BCUT2D eigenvalue weighted by Gasteiger charge is -2.01. The van der Waals surface area contributed by atoms with Gasteiger partial charge in [-0.25, -0.2) is 4.79 Å². The minimum atomic E-state index is -1.11. The van der Waals surface area contributed by atoms with Crippen molar-refractivity contribution < 1.29 is 14.7 Å². The number of nitrogens with zero attached hydrogens (tertiary/aromatic N) is 3. The minimum absolute atomic E-state index is 0.451. The quantitative estimate of drug-likeness (QED) is 0.746. The highest BCUT2D eigenvalue weighted by atomic mass is 16.4. The Morgan fingerprint density at radius 2 is 2.12 bits per heavy atom. The fourth-order valence-corrected chi connectivity index (χ4v) is 1.25. The third-order valence-corrected chi connectivity index (χ3v) is 1.94. The maximum atomic E-state index is 11.5. The number of fused-ring (bicyclic) bond motifs is 1. The molecule has 0 aliphatic heterocycles. The molecule has 0 atom stereocenters. The molecule has 0 spiro atoms. The number of para-hydroxylation sites is 1. The summed E-state index contributed by atoms with van der Waals surface area (Å²) in [7, 11) is 0. The summed E-state index contributed by atoms with van der Waals surface area (Å²) in [6.45, 7) is -0.451. The zero-order valence-corrected chi connectivity index (χ0v) is 8.12. The number of nitrogens with one attached hydrogen (secondary N) is 1. The summed E-state index contributed by atoms with van der Waals surface area (Å²) in [6, 6.07) is 6.29. The second-order valence-corrected chi connectivity index (χ2v) is 3.04. The molecule has 0 aliphatic carbocycles. The molecule has 0 radical (unpaired) electrons. The first-order valence-corrected chi connectivity index (χ1v) is 4.49. The van der Waals surface area contributed by atoms with Gasteiger partial charge in [-0.15, -0.1) is 5.10 Å². The zero-order chi connectivity index (χ0) is 11.5. The summed E-state index contributed by atoms with van der Waals surface area (Å²) >= 11 is 0. The van der Waals surface area contributed by atoms with E-state index in [1.807, 2.05) is 0 Å². The van der Waals surface area contributed by atoms with E-state index in [1.165, 1.54) is 0 Å². The normalized spacial score (nSPS) is 10.2. The van der Waals surface area contributed by atoms with Crippen molar-refractivity contribution in [3.8, 4) is 0 Å². The molecule has 1 aromatic heterocycles. The molecule has 1 aromatic carbocycles. The van der Waals surface area contributed by atoms with Crippen molar-refractivity contribution in [3.05, 3.63) is 24.3 Å². The van der Waals surface area contributed by atoms with E-state index in [0.29, 0.717) is 11.0 Å². The lowest BCUT2D eigenvalue weighted by Crippen LogP contribution is -2.33. The topological polar surface area (TPSA) is 97.1 Å². The van der Waals surface area contributed by atoms with E-state index >= 15 is 0 Å². The summed E-state index contributed by atoms with van der Waals surface area (Å²) in [5.74, 6) is -1.11. The van der Waals surface area contributed by atoms with Gasteiger partial charge >= 0.3 is 12.0 Å². The summed E-state index contributed by atoms with van der Waals surface area (Å²) in [5.41, 5.74) is 1.11. The maximum Gasteiger partial charge on any atom is 0.344 e. The van der Waals surface area contributed by atoms with Crippen molar-refractivity contribution in [2.75, 3.05) is 6.54 Å². The number of amides is 1. The molecule has 1 amide bonds. The van der Waals surface area contributed by atoms with Gasteiger partial charge in [0.15, 0.2) is 0 Å². The van der Waals surface area contributed by atoms with Crippen molar-refractivity contribution in [3.63, 3.8) is 0 Å². The molecule has 0 saturated carbocycles. The third-order valence-electron chi connectivity index (χ3n) is 1.94. The molecule has 0 bridgehead atoms. The molecular formula is C9H8N4O3. The van der Waals surface area contributed by atoms with Gasteiger partial charge in [0.25, 0.3) is 0 Å². The fraction of sp³-hybridized carbons (Fsp3) is 0.111. The van der Waals surface area contributed by atoms with Gasteiger partial charge in [0.2, 0.25) is 0 Å². The van der Waals surface area contributed by atoms with Crippen molar-refractivity contribution >= 4 is 23.0 Å². The van der Waals surface area contributed by atoms with Crippen LogP contribution in [0, 0.1) is 0 Å². The summed E-state index contributed by atoms with van der Waals surface area (Å²) < 4.78 is 1.03. The van der Waals surface area contributed by atoms with Crippen molar-refractivity contribution in [1.29, 1.82) is 0 Å². The highest BCUT2D eigenvalue weighted by Crippen LogP contribution is 2.08. The molecule has 2 N–H and O–H groups in total.